The first kappa shape index (κ1) is 15.1. The zero-order valence-electron chi connectivity index (χ0n) is 11.5. The standard InChI is InChI=1S/C14H22ClNO2/c1-14(2,7-8-15)16-10-11-5-6-12(17-3)13(9-11)18-4/h5-6,9,16H,7-8,10H2,1-4H3. The minimum atomic E-state index is 0.0366. The van der Waals surface area contributed by atoms with Gasteiger partial charge in [0.15, 0.2) is 11.5 Å². The minimum absolute atomic E-state index is 0.0366. The molecule has 1 N–H and O–H groups in total. The van der Waals surface area contributed by atoms with E-state index >= 15 is 0 Å². The molecule has 0 heterocycles. The van der Waals surface area contributed by atoms with Gasteiger partial charge in [-0.15, -0.1) is 11.6 Å². The highest BCUT2D eigenvalue weighted by Crippen LogP contribution is 2.27. The fourth-order valence-electron chi connectivity index (χ4n) is 1.66. The molecule has 0 bridgehead atoms. The molecular formula is C14H22ClNO2. The molecule has 0 atom stereocenters. The van der Waals surface area contributed by atoms with Crippen molar-refractivity contribution in [2.75, 3.05) is 20.1 Å². The predicted octanol–water partition coefficient (Wildman–Crippen LogP) is 3.20. The van der Waals surface area contributed by atoms with Gasteiger partial charge >= 0.3 is 0 Å². The van der Waals surface area contributed by atoms with Crippen LogP contribution in [0.1, 0.15) is 25.8 Å². The lowest BCUT2D eigenvalue weighted by Crippen LogP contribution is -2.39. The van der Waals surface area contributed by atoms with Gasteiger partial charge in [-0.05, 0) is 38.0 Å². The van der Waals surface area contributed by atoms with Gasteiger partial charge in [-0.25, -0.2) is 0 Å². The van der Waals surface area contributed by atoms with Gasteiger partial charge in [0.05, 0.1) is 14.2 Å². The smallest absolute Gasteiger partial charge is 0.161 e. The number of nitrogens with one attached hydrogen (secondary N) is 1. The topological polar surface area (TPSA) is 30.5 Å². The van der Waals surface area contributed by atoms with Crippen LogP contribution < -0.4 is 14.8 Å². The summed E-state index contributed by atoms with van der Waals surface area (Å²) in [5.41, 5.74) is 1.20. The van der Waals surface area contributed by atoms with E-state index in [1.807, 2.05) is 18.2 Å². The van der Waals surface area contributed by atoms with Crippen molar-refractivity contribution in [3.05, 3.63) is 23.8 Å². The van der Waals surface area contributed by atoms with Gasteiger partial charge in [0.2, 0.25) is 0 Å². The molecule has 102 valence electrons. The molecule has 0 aromatic heterocycles. The van der Waals surface area contributed by atoms with E-state index in [-0.39, 0.29) is 5.54 Å². The number of alkyl halides is 1. The second-order valence-electron chi connectivity index (χ2n) is 4.87. The number of rotatable bonds is 7. The summed E-state index contributed by atoms with van der Waals surface area (Å²) in [5, 5.41) is 3.48. The van der Waals surface area contributed by atoms with Crippen LogP contribution in [0, 0.1) is 0 Å². The molecular weight excluding hydrogens is 250 g/mol. The van der Waals surface area contributed by atoms with E-state index in [1.165, 1.54) is 0 Å². The van der Waals surface area contributed by atoms with Crippen molar-refractivity contribution in [1.29, 1.82) is 0 Å². The maximum Gasteiger partial charge on any atom is 0.161 e. The Morgan fingerprint density at radius 2 is 1.83 bits per heavy atom. The van der Waals surface area contributed by atoms with E-state index in [0.29, 0.717) is 5.88 Å². The molecule has 0 amide bonds. The van der Waals surface area contributed by atoms with E-state index in [9.17, 15) is 0 Å². The Morgan fingerprint density at radius 3 is 2.39 bits per heavy atom. The van der Waals surface area contributed by atoms with Crippen LogP contribution >= 0.6 is 11.6 Å². The quantitative estimate of drug-likeness (QED) is 0.773. The first-order chi connectivity index (χ1) is 8.52. The summed E-state index contributed by atoms with van der Waals surface area (Å²) in [6.45, 7) is 5.08. The molecule has 0 unspecified atom stereocenters. The number of halogens is 1. The summed E-state index contributed by atoms with van der Waals surface area (Å²) in [6, 6.07) is 5.94. The first-order valence-electron chi connectivity index (χ1n) is 6.04. The second kappa shape index (κ2) is 6.86. The van der Waals surface area contributed by atoms with Gasteiger partial charge in [0.1, 0.15) is 0 Å². The number of ether oxygens (including phenoxy) is 2. The maximum absolute atomic E-state index is 5.78. The normalized spacial score (nSPS) is 11.4. The highest BCUT2D eigenvalue weighted by molar-refractivity contribution is 6.17. The highest BCUT2D eigenvalue weighted by Gasteiger charge is 2.16. The van der Waals surface area contributed by atoms with Crippen LogP contribution in [0.5, 0.6) is 11.5 Å². The fourth-order valence-corrected chi connectivity index (χ4v) is 2.13. The molecule has 0 radical (unpaired) electrons. The van der Waals surface area contributed by atoms with E-state index in [0.717, 1.165) is 30.0 Å². The Hall–Kier alpha value is -0.930. The summed E-state index contributed by atoms with van der Waals surface area (Å²) in [6.07, 6.45) is 0.932. The molecule has 18 heavy (non-hydrogen) atoms. The Labute approximate surface area is 114 Å². The average molecular weight is 272 g/mol. The third kappa shape index (κ3) is 4.39. The maximum atomic E-state index is 5.78. The van der Waals surface area contributed by atoms with Crippen molar-refractivity contribution in [3.8, 4) is 11.5 Å². The monoisotopic (exact) mass is 271 g/mol. The molecule has 1 rings (SSSR count). The molecule has 1 aromatic carbocycles. The van der Waals surface area contributed by atoms with Crippen LogP contribution in [0.2, 0.25) is 0 Å². The third-order valence-electron chi connectivity index (χ3n) is 2.94. The molecule has 3 nitrogen and oxygen atoms in total. The molecule has 0 saturated heterocycles. The molecule has 0 aliphatic carbocycles. The lowest BCUT2D eigenvalue weighted by Gasteiger charge is -2.25. The summed E-state index contributed by atoms with van der Waals surface area (Å²) >= 11 is 5.78. The Balaban J connectivity index is 2.68. The summed E-state index contributed by atoms with van der Waals surface area (Å²) in [4.78, 5) is 0. The van der Waals surface area contributed by atoms with Crippen molar-refractivity contribution in [2.45, 2.75) is 32.4 Å². The molecule has 0 spiro atoms. The van der Waals surface area contributed by atoms with Crippen molar-refractivity contribution in [2.24, 2.45) is 0 Å². The number of benzene rings is 1. The van der Waals surface area contributed by atoms with Gasteiger partial charge in [0.25, 0.3) is 0 Å². The SMILES string of the molecule is COc1ccc(CNC(C)(C)CCCl)cc1OC. The van der Waals surface area contributed by atoms with Gasteiger partial charge < -0.3 is 14.8 Å². The zero-order valence-corrected chi connectivity index (χ0v) is 12.3. The van der Waals surface area contributed by atoms with Crippen molar-refractivity contribution < 1.29 is 9.47 Å². The number of hydrogen-bond donors (Lipinski definition) is 1. The first-order valence-corrected chi connectivity index (χ1v) is 6.58. The lowest BCUT2D eigenvalue weighted by molar-refractivity contribution is 0.352. The molecule has 0 saturated carbocycles. The summed E-state index contributed by atoms with van der Waals surface area (Å²) in [7, 11) is 3.28. The highest BCUT2D eigenvalue weighted by atomic mass is 35.5. The fraction of sp³-hybridized carbons (Fsp3) is 0.571. The van der Waals surface area contributed by atoms with Gasteiger partial charge in [0, 0.05) is 18.0 Å². The van der Waals surface area contributed by atoms with Gasteiger partial charge in [-0.3, -0.25) is 0 Å². The van der Waals surface area contributed by atoms with Crippen molar-refractivity contribution >= 4 is 11.6 Å². The molecule has 0 fully saturated rings. The van der Waals surface area contributed by atoms with Crippen LogP contribution in [0.4, 0.5) is 0 Å². The Kier molecular flexibility index (Phi) is 5.76. The Bertz CT molecular complexity index is 380. The summed E-state index contributed by atoms with van der Waals surface area (Å²) < 4.78 is 10.5. The van der Waals surface area contributed by atoms with Crippen molar-refractivity contribution in [1.82, 2.24) is 5.32 Å². The van der Waals surface area contributed by atoms with E-state index < -0.39 is 0 Å². The minimum Gasteiger partial charge on any atom is -0.493 e. The molecule has 0 aliphatic rings. The van der Waals surface area contributed by atoms with Crippen molar-refractivity contribution in [3.63, 3.8) is 0 Å². The largest absolute Gasteiger partial charge is 0.493 e. The average Bonchev–Trinajstić information content (AvgIpc) is 2.36. The van der Waals surface area contributed by atoms with E-state index in [1.54, 1.807) is 14.2 Å². The third-order valence-corrected chi connectivity index (χ3v) is 3.13. The lowest BCUT2D eigenvalue weighted by atomic mass is 10.0. The zero-order chi connectivity index (χ0) is 13.6. The van der Waals surface area contributed by atoms with Crippen LogP contribution in [0.3, 0.4) is 0 Å². The van der Waals surface area contributed by atoms with E-state index in [4.69, 9.17) is 21.1 Å². The molecule has 1 aromatic rings. The summed E-state index contributed by atoms with van der Waals surface area (Å²) in [5.74, 6) is 2.17. The predicted molar refractivity (Wildman–Crippen MR) is 75.8 cm³/mol. The van der Waals surface area contributed by atoms with Crippen LogP contribution in [0.25, 0.3) is 0 Å². The number of methoxy groups -OCH3 is 2. The number of hydrogen-bond acceptors (Lipinski definition) is 3. The van der Waals surface area contributed by atoms with Crippen LogP contribution in [-0.4, -0.2) is 25.6 Å². The van der Waals surface area contributed by atoms with Gasteiger partial charge in [-0.1, -0.05) is 6.07 Å². The Morgan fingerprint density at radius 1 is 1.17 bits per heavy atom. The van der Waals surface area contributed by atoms with Gasteiger partial charge in [-0.2, -0.15) is 0 Å². The van der Waals surface area contributed by atoms with Crippen LogP contribution in [-0.2, 0) is 6.54 Å². The molecule has 0 aliphatic heterocycles. The molecule has 4 heteroatoms. The second-order valence-corrected chi connectivity index (χ2v) is 5.24. The van der Waals surface area contributed by atoms with Crippen LogP contribution in [0.15, 0.2) is 18.2 Å². The van der Waals surface area contributed by atoms with E-state index in [2.05, 4.69) is 19.2 Å².